The summed E-state index contributed by atoms with van der Waals surface area (Å²) in [6.07, 6.45) is 0. The van der Waals surface area contributed by atoms with Gasteiger partial charge in [0.05, 0.1) is 0 Å². The van der Waals surface area contributed by atoms with E-state index < -0.39 is 5.54 Å². The van der Waals surface area contributed by atoms with Crippen molar-refractivity contribution in [3.05, 3.63) is 59.1 Å². The number of benzene rings is 2. The van der Waals surface area contributed by atoms with Crippen molar-refractivity contribution in [2.75, 3.05) is 6.61 Å². The second-order valence-corrected chi connectivity index (χ2v) is 5.54. The van der Waals surface area contributed by atoms with E-state index >= 15 is 0 Å². The zero-order chi connectivity index (χ0) is 14.2. The fourth-order valence-corrected chi connectivity index (χ4v) is 2.56. The van der Waals surface area contributed by atoms with Crippen LogP contribution in [0.4, 0.5) is 0 Å². The molecule has 2 aromatic rings. The van der Waals surface area contributed by atoms with Crippen LogP contribution in [0, 0.1) is 0 Å². The first kappa shape index (κ1) is 13.0. The normalized spacial score (nSPS) is 21.4. The molecule has 0 fully saturated rings. The molecule has 2 N–H and O–H groups in total. The maximum absolute atomic E-state index is 6.05. The smallest absolute Gasteiger partial charge is 0.283 e. The zero-order valence-electron chi connectivity index (χ0n) is 11.1. The van der Waals surface area contributed by atoms with Crippen LogP contribution in [0.15, 0.2) is 53.5 Å². The Hall–Kier alpha value is -2.00. The van der Waals surface area contributed by atoms with Crippen molar-refractivity contribution in [2.45, 2.75) is 12.5 Å². The second-order valence-electron chi connectivity index (χ2n) is 5.10. The van der Waals surface area contributed by atoms with Crippen LogP contribution in [-0.4, -0.2) is 12.6 Å². The number of halogens is 1. The Labute approximate surface area is 123 Å². The highest BCUT2D eigenvalue weighted by molar-refractivity contribution is 6.30. The third-order valence-corrected chi connectivity index (χ3v) is 3.74. The third kappa shape index (κ3) is 2.37. The average molecular weight is 287 g/mol. The lowest BCUT2D eigenvalue weighted by Crippen LogP contribution is -2.20. The van der Waals surface area contributed by atoms with Gasteiger partial charge in [0, 0.05) is 5.02 Å². The molecule has 0 bridgehead atoms. The lowest BCUT2D eigenvalue weighted by atomic mass is 9.91. The molecule has 3 nitrogen and oxygen atoms in total. The summed E-state index contributed by atoms with van der Waals surface area (Å²) in [5.41, 5.74) is 8.47. The summed E-state index contributed by atoms with van der Waals surface area (Å²) in [6, 6.07) is 16.3. The molecule has 1 aliphatic rings. The number of nitrogens with zero attached hydrogens (tertiary/aromatic N) is 1. The van der Waals surface area contributed by atoms with Crippen LogP contribution < -0.4 is 5.73 Å². The van der Waals surface area contributed by atoms with Crippen LogP contribution in [-0.2, 0) is 10.3 Å². The van der Waals surface area contributed by atoms with E-state index in [0.29, 0.717) is 6.61 Å². The first-order valence-electron chi connectivity index (χ1n) is 6.41. The molecule has 1 unspecified atom stereocenters. The fourth-order valence-electron chi connectivity index (χ4n) is 2.37. The van der Waals surface area contributed by atoms with E-state index in [9.17, 15) is 0 Å². The Morgan fingerprint density at radius 2 is 1.85 bits per heavy atom. The number of ether oxygens (including phenoxy) is 1. The van der Waals surface area contributed by atoms with Crippen molar-refractivity contribution in [3.63, 3.8) is 0 Å². The van der Waals surface area contributed by atoms with E-state index in [4.69, 9.17) is 22.1 Å². The Balaban J connectivity index is 2.02. The Bertz CT molecular complexity index is 684. The highest BCUT2D eigenvalue weighted by atomic mass is 35.5. The summed E-state index contributed by atoms with van der Waals surface area (Å²) in [6.45, 7) is 2.49. The molecule has 1 atom stereocenters. The minimum atomic E-state index is -0.418. The lowest BCUT2D eigenvalue weighted by Gasteiger charge is -2.19. The molecule has 0 saturated carbocycles. The molecule has 1 aliphatic heterocycles. The SMILES string of the molecule is CC1(c2cccc(-c3cccc(Cl)c3)c2)COC(N)=N1. The molecule has 102 valence electrons. The van der Waals surface area contributed by atoms with Crippen molar-refractivity contribution in [2.24, 2.45) is 10.7 Å². The molecule has 0 aromatic heterocycles. The molecule has 0 saturated heterocycles. The Morgan fingerprint density at radius 1 is 1.15 bits per heavy atom. The maximum atomic E-state index is 6.05. The van der Waals surface area contributed by atoms with Gasteiger partial charge in [0.2, 0.25) is 0 Å². The van der Waals surface area contributed by atoms with Crippen LogP contribution in [0.5, 0.6) is 0 Å². The van der Waals surface area contributed by atoms with Gasteiger partial charge in [0.1, 0.15) is 12.1 Å². The molecule has 0 radical (unpaired) electrons. The summed E-state index contributed by atoms with van der Waals surface area (Å²) in [5, 5.41) is 0.727. The van der Waals surface area contributed by atoms with Crippen LogP contribution >= 0.6 is 11.6 Å². The minimum absolute atomic E-state index is 0.251. The number of hydrogen-bond donors (Lipinski definition) is 1. The quantitative estimate of drug-likeness (QED) is 0.917. The van der Waals surface area contributed by atoms with E-state index in [1.54, 1.807) is 0 Å². The highest BCUT2D eigenvalue weighted by Gasteiger charge is 2.32. The Morgan fingerprint density at radius 3 is 2.50 bits per heavy atom. The summed E-state index contributed by atoms with van der Waals surface area (Å²) in [5.74, 6) is 0. The average Bonchev–Trinajstić information content (AvgIpc) is 2.80. The van der Waals surface area contributed by atoms with Crippen molar-refractivity contribution in [1.29, 1.82) is 0 Å². The molecule has 20 heavy (non-hydrogen) atoms. The van der Waals surface area contributed by atoms with Crippen molar-refractivity contribution in [1.82, 2.24) is 0 Å². The first-order chi connectivity index (χ1) is 9.57. The zero-order valence-corrected chi connectivity index (χ0v) is 11.9. The monoisotopic (exact) mass is 286 g/mol. The summed E-state index contributed by atoms with van der Waals surface area (Å²) in [4.78, 5) is 4.39. The van der Waals surface area contributed by atoms with E-state index in [0.717, 1.165) is 21.7 Å². The fraction of sp³-hybridized carbons (Fsp3) is 0.188. The van der Waals surface area contributed by atoms with Gasteiger partial charge >= 0.3 is 0 Å². The number of aliphatic imine (C=N–C) groups is 1. The van der Waals surface area contributed by atoms with E-state index in [1.807, 2.05) is 43.3 Å². The highest BCUT2D eigenvalue weighted by Crippen LogP contribution is 2.32. The van der Waals surface area contributed by atoms with Crippen LogP contribution in [0.25, 0.3) is 11.1 Å². The Kier molecular flexibility index (Phi) is 3.14. The van der Waals surface area contributed by atoms with Gasteiger partial charge in [-0.25, -0.2) is 4.99 Å². The molecular formula is C16H15ClN2O. The molecule has 0 amide bonds. The lowest BCUT2D eigenvalue weighted by molar-refractivity contribution is 0.266. The number of rotatable bonds is 2. The van der Waals surface area contributed by atoms with Gasteiger partial charge in [0.25, 0.3) is 6.02 Å². The molecule has 3 rings (SSSR count). The molecule has 1 heterocycles. The standard InChI is InChI=1S/C16H15ClN2O/c1-16(10-20-15(18)19-16)13-6-2-4-11(8-13)12-5-3-7-14(17)9-12/h2-9H,10H2,1H3,(H2,18,19). The van der Waals surface area contributed by atoms with E-state index in [-0.39, 0.29) is 6.02 Å². The minimum Gasteiger partial charge on any atom is -0.462 e. The number of amidine groups is 1. The van der Waals surface area contributed by atoms with Gasteiger partial charge in [-0.3, -0.25) is 0 Å². The maximum Gasteiger partial charge on any atom is 0.283 e. The van der Waals surface area contributed by atoms with E-state index in [1.165, 1.54) is 0 Å². The van der Waals surface area contributed by atoms with Crippen molar-refractivity contribution < 1.29 is 4.74 Å². The topological polar surface area (TPSA) is 47.6 Å². The number of hydrogen-bond acceptors (Lipinski definition) is 3. The largest absolute Gasteiger partial charge is 0.462 e. The predicted molar refractivity (Wildman–Crippen MR) is 81.8 cm³/mol. The van der Waals surface area contributed by atoms with Gasteiger partial charge < -0.3 is 10.5 Å². The third-order valence-electron chi connectivity index (χ3n) is 3.50. The molecule has 0 aliphatic carbocycles. The van der Waals surface area contributed by atoms with Gasteiger partial charge in [-0.05, 0) is 41.8 Å². The van der Waals surface area contributed by atoms with Crippen LogP contribution in [0.1, 0.15) is 12.5 Å². The molecular weight excluding hydrogens is 272 g/mol. The van der Waals surface area contributed by atoms with E-state index in [2.05, 4.69) is 17.1 Å². The summed E-state index contributed by atoms with van der Waals surface area (Å²) in [7, 11) is 0. The van der Waals surface area contributed by atoms with Crippen LogP contribution in [0.2, 0.25) is 5.02 Å². The van der Waals surface area contributed by atoms with Crippen LogP contribution in [0.3, 0.4) is 0 Å². The number of nitrogens with two attached hydrogens (primary N) is 1. The second kappa shape index (κ2) is 4.84. The molecule has 2 aromatic carbocycles. The first-order valence-corrected chi connectivity index (χ1v) is 6.79. The predicted octanol–water partition coefficient (Wildman–Crippen LogP) is 3.57. The molecule has 4 heteroatoms. The van der Waals surface area contributed by atoms with Gasteiger partial charge in [-0.2, -0.15) is 0 Å². The molecule has 0 spiro atoms. The van der Waals surface area contributed by atoms with Gasteiger partial charge in [0.15, 0.2) is 0 Å². The van der Waals surface area contributed by atoms with Gasteiger partial charge in [-0.15, -0.1) is 0 Å². The van der Waals surface area contributed by atoms with Gasteiger partial charge in [-0.1, -0.05) is 41.9 Å². The summed E-state index contributed by atoms with van der Waals surface area (Å²) < 4.78 is 5.29. The van der Waals surface area contributed by atoms with Crippen molar-refractivity contribution in [3.8, 4) is 11.1 Å². The van der Waals surface area contributed by atoms with Crippen molar-refractivity contribution >= 4 is 17.6 Å². The summed E-state index contributed by atoms with van der Waals surface area (Å²) >= 11 is 6.05.